The second-order valence-corrected chi connectivity index (χ2v) is 4.35. The van der Waals surface area contributed by atoms with Crippen molar-refractivity contribution in [3.05, 3.63) is 40.3 Å². The summed E-state index contributed by atoms with van der Waals surface area (Å²) >= 11 is 6.06. The molecule has 0 bridgehead atoms. The van der Waals surface area contributed by atoms with Crippen LogP contribution in [-0.2, 0) is 11.2 Å². The monoisotopic (exact) mass is 265 g/mol. The second-order valence-electron chi connectivity index (χ2n) is 3.94. The molecule has 18 heavy (non-hydrogen) atoms. The Hall–Kier alpha value is -1.88. The van der Waals surface area contributed by atoms with E-state index in [-0.39, 0.29) is 6.42 Å². The van der Waals surface area contributed by atoms with Crippen LogP contribution in [0, 0.1) is 13.8 Å². The number of rotatable bonds is 3. The van der Waals surface area contributed by atoms with Crippen LogP contribution in [0.4, 0.5) is 0 Å². The van der Waals surface area contributed by atoms with Crippen molar-refractivity contribution in [3.8, 4) is 5.82 Å². The lowest BCUT2D eigenvalue weighted by Crippen LogP contribution is -2.05. The first-order valence-corrected chi connectivity index (χ1v) is 5.76. The SMILES string of the molecule is Cc1nn(-c2ncccc2Cl)c(C)c1CC(=O)O. The number of aliphatic carboxylic acids is 1. The maximum atomic E-state index is 10.8. The summed E-state index contributed by atoms with van der Waals surface area (Å²) in [7, 11) is 0. The molecule has 6 heteroatoms. The largest absolute Gasteiger partial charge is 0.481 e. The molecule has 2 aromatic heterocycles. The van der Waals surface area contributed by atoms with E-state index in [1.807, 2.05) is 6.92 Å². The highest BCUT2D eigenvalue weighted by Crippen LogP contribution is 2.22. The molecule has 0 spiro atoms. The van der Waals surface area contributed by atoms with Gasteiger partial charge in [0.25, 0.3) is 0 Å². The summed E-state index contributed by atoms with van der Waals surface area (Å²) in [5.74, 6) is -0.371. The number of carboxylic acids is 1. The van der Waals surface area contributed by atoms with Gasteiger partial charge in [-0.3, -0.25) is 4.79 Å². The number of carboxylic acid groups (broad SMARTS) is 1. The van der Waals surface area contributed by atoms with Gasteiger partial charge in [0.05, 0.1) is 17.1 Å². The van der Waals surface area contributed by atoms with Gasteiger partial charge < -0.3 is 5.11 Å². The summed E-state index contributed by atoms with van der Waals surface area (Å²) in [6.45, 7) is 3.59. The third kappa shape index (κ3) is 2.22. The smallest absolute Gasteiger partial charge is 0.307 e. The topological polar surface area (TPSA) is 68.0 Å². The summed E-state index contributed by atoms with van der Waals surface area (Å²) in [5.41, 5.74) is 2.12. The van der Waals surface area contributed by atoms with E-state index >= 15 is 0 Å². The molecule has 2 rings (SSSR count). The first-order chi connectivity index (χ1) is 8.50. The molecule has 1 N–H and O–H groups in total. The van der Waals surface area contributed by atoms with E-state index in [0.29, 0.717) is 22.1 Å². The molecule has 0 aromatic carbocycles. The van der Waals surface area contributed by atoms with Gasteiger partial charge in [-0.1, -0.05) is 11.6 Å². The Morgan fingerprint density at radius 3 is 2.83 bits per heavy atom. The fraction of sp³-hybridized carbons (Fsp3) is 0.250. The minimum atomic E-state index is -0.882. The lowest BCUT2D eigenvalue weighted by atomic mass is 10.1. The summed E-state index contributed by atoms with van der Waals surface area (Å²) < 4.78 is 1.58. The number of nitrogens with zero attached hydrogens (tertiary/aromatic N) is 3. The van der Waals surface area contributed by atoms with Crippen LogP contribution in [-0.4, -0.2) is 25.8 Å². The minimum absolute atomic E-state index is 0.0535. The van der Waals surface area contributed by atoms with Gasteiger partial charge in [0.15, 0.2) is 5.82 Å². The van der Waals surface area contributed by atoms with Crippen molar-refractivity contribution in [1.29, 1.82) is 0 Å². The number of halogens is 1. The van der Waals surface area contributed by atoms with E-state index < -0.39 is 5.97 Å². The molecule has 0 unspecified atom stereocenters. The Labute approximate surface area is 109 Å². The van der Waals surface area contributed by atoms with Crippen LogP contribution < -0.4 is 0 Å². The predicted octanol–water partition coefficient (Wildman–Crippen LogP) is 2.16. The Balaban J connectivity index is 2.54. The molecule has 0 aliphatic rings. The van der Waals surface area contributed by atoms with Gasteiger partial charge in [-0.2, -0.15) is 5.10 Å². The van der Waals surface area contributed by atoms with Gasteiger partial charge >= 0.3 is 5.97 Å². The van der Waals surface area contributed by atoms with E-state index in [1.165, 1.54) is 0 Å². The van der Waals surface area contributed by atoms with Crippen molar-refractivity contribution in [1.82, 2.24) is 14.8 Å². The third-order valence-electron chi connectivity index (χ3n) is 2.71. The quantitative estimate of drug-likeness (QED) is 0.923. The molecule has 94 valence electrons. The Morgan fingerprint density at radius 2 is 2.22 bits per heavy atom. The number of pyridine rings is 1. The van der Waals surface area contributed by atoms with Crippen LogP contribution in [0.15, 0.2) is 18.3 Å². The van der Waals surface area contributed by atoms with Crippen LogP contribution in [0.1, 0.15) is 17.0 Å². The first-order valence-electron chi connectivity index (χ1n) is 5.38. The number of hydrogen-bond donors (Lipinski definition) is 1. The molecule has 0 saturated heterocycles. The average Bonchev–Trinajstić information content (AvgIpc) is 2.57. The van der Waals surface area contributed by atoms with Crippen molar-refractivity contribution in [2.24, 2.45) is 0 Å². The van der Waals surface area contributed by atoms with E-state index in [0.717, 1.165) is 5.69 Å². The fourth-order valence-corrected chi connectivity index (χ4v) is 2.02. The molecule has 0 atom stereocenters. The molecule has 0 fully saturated rings. The molecule has 0 aliphatic heterocycles. The second kappa shape index (κ2) is 4.78. The summed E-state index contributed by atoms with van der Waals surface area (Å²) in [5, 5.41) is 13.6. The average molecular weight is 266 g/mol. The molecule has 0 saturated carbocycles. The molecule has 2 heterocycles. The molecule has 0 amide bonds. The fourth-order valence-electron chi connectivity index (χ4n) is 1.82. The number of carbonyl (C=O) groups is 1. The highest BCUT2D eigenvalue weighted by atomic mass is 35.5. The number of aryl methyl sites for hydroxylation is 1. The zero-order valence-electron chi connectivity index (χ0n) is 10.0. The third-order valence-corrected chi connectivity index (χ3v) is 3.00. The van der Waals surface area contributed by atoms with Crippen molar-refractivity contribution in [2.45, 2.75) is 20.3 Å². The van der Waals surface area contributed by atoms with Gasteiger partial charge in [-0.25, -0.2) is 9.67 Å². The highest BCUT2D eigenvalue weighted by molar-refractivity contribution is 6.32. The molecular weight excluding hydrogens is 254 g/mol. The van der Waals surface area contributed by atoms with Gasteiger partial charge in [-0.15, -0.1) is 0 Å². The highest BCUT2D eigenvalue weighted by Gasteiger charge is 2.17. The maximum absolute atomic E-state index is 10.8. The Bertz CT molecular complexity index is 607. The van der Waals surface area contributed by atoms with E-state index in [4.69, 9.17) is 16.7 Å². The van der Waals surface area contributed by atoms with E-state index in [9.17, 15) is 4.79 Å². The Kier molecular flexibility index (Phi) is 3.34. The number of hydrogen-bond acceptors (Lipinski definition) is 3. The van der Waals surface area contributed by atoms with Gasteiger partial charge in [0, 0.05) is 17.5 Å². The molecule has 0 radical (unpaired) electrons. The lowest BCUT2D eigenvalue weighted by molar-refractivity contribution is -0.136. The van der Waals surface area contributed by atoms with Gasteiger partial charge in [0.1, 0.15) is 0 Å². The van der Waals surface area contributed by atoms with E-state index in [1.54, 1.807) is 29.9 Å². The normalized spacial score (nSPS) is 10.6. The predicted molar refractivity (Wildman–Crippen MR) is 67.2 cm³/mol. The van der Waals surface area contributed by atoms with Crippen LogP contribution in [0.25, 0.3) is 5.82 Å². The van der Waals surface area contributed by atoms with Crippen LogP contribution in [0.5, 0.6) is 0 Å². The zero-order chi connectivity index (χ0) is 13.3. The Morgan fingerprint density at radius 1 is 1.50 bits per heavy atom. The van der Waals surface area contributed by atoms with Crippen molar-refractivity contribution in [3.63, 3.8) is 0 Å². The molecule has 2 aromatic rings. The molecule has 5 nitrogen and oxygen atoms in total. The first kappa shape index (κ1) is 12.6. The lowest BCUT2D eigenvalue weighted by Gasteiger charge is -2.05. The summed E-state index contributed by atoms with van der Waals surface area (Å²) in [6.07, 6.45) is 1.57. The molecule has 0 aliphatic carbocycles. The van der Waals surface area contributed by atoms with Crippen molar-refractivity contribution < 1.29 is 9.90 Å². The van der Waals surface area contributed by atoms with Crippen LogP contribution in [0.2, 0.25) is 5.02 Å². The minimum Gasteiger partial charge on any atom is -0.481 e. The van der Waals surface area contributed by atoms with Crippen LogP contribution in [0.3, 0.4) is 0 Å². The van der Waals surface area contributed by atoms with Gasteiger partial charge in [-0.05, 0) is 26.0 Å². The zero-order valence-corrected chi connectivity index (χ0v) is 10.8. The van der Waals surface area contributed by atoms with Crippen molar-refractivity contribution >= 4 is 17.6 Å². The summed E-state index contributed by atoms with van der Waals surface area (Å²) in [4.78, 5) is 15.0. The molecular formula is C12H12ClN3O2. The number of aromatic nitrogens is 3. The maximum Gasteiger partial charge on any atom is 0.307 e. The van der Waals surface area contributed by atoms with E-state index in [2.05, 4.69) is 10.1 Å². The summed E-state index contributed by atoms with van der Waals surface area (Å²) in [6, 6.07) is 3.45. The van der Waals surface area contributed by atoms with Crippen molar-refractivity contribution in [2.75, 3.05) is 0 Å². The standard InChI is InChI=1S/C12H12ClN3O2/c1-7-9(6-11(17)18)8(2)16(15-7)12-10(13)4-3-5-14-12/h3-5H,6H2,1-2H3,(H,17,18). The van der Waals surface area contributed by atoms with Gasteiger partial charge in [0.2, 0.25) is 0 Å². The van der Waals surface area contributed by atoms with Crippen LogP contribution >= 0.6 is 11.6 Å².